The van der Waals surface area contributed by atoms with Crippen molar-refractivity contribution in [3.8, 4) is 0 Å². The molecule has 0 radical (unpaired) electrons. The first kappa shape index (κ1) is 34.0. The maximum atomic E-state index is 7.41. The van der Waals surface area contributed by atoms with Crippen LogP contribution in [0.4, 0.5) is 0 Å². The van der Waals surface area contributed by atoms with Gasteiger partial charge in [-0.2, -0.15) is 0 Å². The minimum absolute atomic E-state index is 0.0220. The number of methoxy groups -OCH3 is 1. The smallest absolute Gasteiger partial charge is 0.261 e. The Morgan fingerprint density at radius 1 is 0.543 bits per heavy atom. The molecule has 0 N–H and O–H groups in total. The third kappa shape index (κ3) is 6.85. The molecule has 0 aliphatic heterocycles. The topological polar surface area (TPSA) is 18.5 Å². The van der Waals surface area contributed by atoms with Crippen molar-refractivity contribution in [3.63, 3.8) is 0 Å². The molecule has 0 spiro atoms. The van der Waals surface area contributed by atoms with Crippen LogP contribution in [0, 0.1) is 11.8 Å². The summed E-state index contributed by atoms with van der Waals surface area (Å²) < 4.78 is 13.9. The second kappa shape index (κ2) is 15.0. The highest BCUT2D eigenvalue weighted by Gasteiger charge is 2.51. The third-order valence-electron chi connectivity index (χ3n) is 9.53. The maximum absolute atomic E-state index is 7.41. The Morgan fingerprint density at radius 2 is 0.891 bits per heavy atom. The quantitative estimate of drug-likeness (QED) is 0.0960. The highest BCUT2D eigenvalue weighted by atomic mass is 31.2. The molecule has 0 fully saturated rings. The van der Waals surface area contributed by atoms with Crippen LogP contribution in [0.25, 0.3) is 0 Å². The molecule has 4 heteroatoms. The normalized spacial score (nSPS) is 14.4. The van der Waals surface area contributed by atoms with Crippen molar-refractivity contribution in [2.24, 2.45) is 11.8 Å². The van der Waals surface area contributed by atoms with E-state index in [-0.39, 0.29) is 23.0 Å². The van der Waals surface area contributed by atoms with Gasteiger partial charge in [0.25, 0.3) is 8.32 Å². The Labute approximate surface area is 279 Å². The van der Waals surface area contributed by atoms with Crippen molar-refractivity contribution < 1.29 is 9.16 Å². The molecule has 2 nitrogen and oxygen atoms in total. The fourth-order valence-electron chi connectivity index (χ4n) is 7.49. The molecule has 5 rings (SSSR count). The van der Waals surface area contributed by atoms with Gasteiger partial charge >= 0.3 is 0 Å². The maximum Gasteiger partial charge on any atom is 0.261 e. The molecule has 0 saturated carbocycles. The minimum atomic E-state index is -2.66. The van der Waals surface area contributed by atoms with Crippen molar-refractivity contribution >= 4 is 41.9 Å². The highest BCUT2D eigenvalue weighted by Crippen LogP contribution is 2.57. The summed E-state index contributed by atoms with van der Waals surface area (Å²) in [7, 11) is -2.78. The molecule has 5 aromatic rings. The Balaban J connectivity index is 1.52. The summed E-state index contributed by atoms with van der Waals surface area (Å²) in [5.74, 6) is 0.461. The molecule has 0 amide bonds. The lowest BCUT2D eigenvalue weighted by atomic mass is 9.95. The standard InChI is InChI=1S/C42H50O2PSi/c1-34(32-44-46(42(3,4)5,39-28-18-10-19-29-39)40-30-20-11-21-31-40)41(43-6)35(2)33-45(36-22-12-7-13-23-36,37-24-14-8-15-25-37)38-26-16-9-17-27-38/h7-31,34-35,41H,32-33H2,1-6H3/q+1/t34-,35-,41+/m0/s1. The fraction of sp³-hybridized carbons (Fsp3) is 0.286. The van der Waals surface area contributed by atoms with Crippen LogP contribution in [0.2, 0.25) is 5.04 Å². The van der Waals surface area contributed by atoms with E-state index in [0.717, 1.165) is 6.16 Å². The average molecular weight is 646 g/mol. The molecular weight excluding hydrogens is 596 g/mol. The Hall–Kier alpha value is -3.33. The molecule has 46 heavy (non-hydrogen) atoms. The number of hydrogen-bond donors (Lipinski definition) is 0. The van der Waals surface area contributed by atoms with Gasteiger partial charge in [-0.15, -0.1) is 0 Å². The van der Waals surface area contributed by atoms with Gasteiger partial charge in [0.2, 0.25) is 0 Å². The van der Waals surface area contributed by atoms with Gasteiger partial charge in [-0.05, 0) is 51.8 Å². The lowest BCUT2D eigenvalue weighted by Crippen LogP contribution is -2.67. The second-order valence-electron chi connectivity index (χ2n) is 13.6. The summed E-state index contributed by atoms with van der Waals surface area (Å²) in [4.78, 5) is 0. The zero-order valence-electron chi connectivity index (χ0n) is 28.3. The first-order valence-corrected chi connectivity index (χ1v) is 20.4. The van der Waals surface area contributed by atoms with Crippen LogP contribution >= 0.6 is 7.26 Å². The van der Waals surface area contributed by atoms with Gasteiger partial charge in [0, 0.05) is 25.6 Å². The van der Waals surface area contributed by atoms with Crippen LogP contribution < -0.4 is 26.3 Å². The molecule has 0 aliphatic rings. The van der Waals surface area contributed by atoms with E-state index < -0.39 is 15.6 Å². The zero-order chi connectivity index (χ0) is 32.6. The lowest BCUT2D eigenvalue weighted by molar-refractivity contribution is 0.00675. The van der Waals surface area contributed by atoms with Gasteiger partial charge in [-0.25, -0.2) is 0 Å². The summed E-state index contributed by atoms with van der Waals surface area (Å²) in [6.45, 7) is 12.4. The first-order chi connectivity index (χ1) is 22.2. The van der Waals surface area contributed by atoms with Crippen molar-refractivity contribution in [2.45, 2.75) is 45.8 Å². The molecular formula is C42H50O2PSi+. The number of ether oxygens (including phenoxy) is 1. The average Bonchev–Trinajstić information content (AvgIpc) is 3.09. The Morgan fingerprint density at radius 3 is 1.22 bits per heavy atom. The number of rotatable bonds is 13. The third-order valence-corrected chi connectivity index (χ3v) is 19.2. The summed E-state index contributed by atoms with van der Waals surface area (Å²) in [6.07, 6.45) is 1.03. The molecule has 0 saturated heterocycles. The predicted molar refractivity (Wildman–Crippen MR) is 203 cm³/mol. The Bertz CT molecular complexity index is 1470. The minimum Gasteiger partial charge on any atom is -0.407 e. The van der Waals surface area contributed by atoms with Crippen LogP contribution in [-0.4, -0.2) is 34.3 Å². The summed E-state index contributed by atoms with van der Waals surface area (Å²) in [6, 6.07) is 55.4. The largest absolute Gasteiger partial charge is 0.407 e. The highest BCUT2D eigenvalue weighted by molar-refractivity contribution is 7.95. The summed E-state index contributed by atoms with van der Waals surface area (Å²) >= 11 is 0. The molecule has 5 aromatic carbocycles. The van der Waals surface area contributed by atoms with Crippen LogP contribution in [0.5, 0.6) is 0 Å². The lowest BCUT2D eigenvalue weighted by Gasteiger charge is -2.44. The van der Waals surface area contributed by atoms with Gasteiger partial charge in [-0.1, -0.05) is 150 Å². The molecule has 3 atom stereocenters. The van der Waals surface area contributed by atoms with Crippen molar-refractivity contribution in [3.05, 3.63) is 152 Å². The SMILES string of the molecule is CO[C@H]([C@@H](C)CO[Si](c1ccccc1)(c1ccccc1)C(C)(C)C)[C@@H](C)C[P+](c1ccccc1)(c1ccccc1)c1ccccc1. The van der Waals surface area contributed by atoms with E-state index in [1.165, 1.54) is 26.3 Å². The van der Waals surface area contributed by atoms with E-state index in [2.05, 4.69) is 186 Å². The Kier molecular flexibility index (Phi) is 11.1. The molecule has 0 aliphatic carbocycles. The number of hydrogen-bond acceptors (Lipinski definition) is 2. The molecule has 0 bridgehead atoms. The number of benzene rings is 5. The van der Waals surface area contributed by atoms with E-state index in [0.29, 0.717) is 6.61 Å². The van der Waals surface area contributed by atoms with Gasteiger partial charge in [0.1, 0.15) is 23.2 Å². The summed E-state index contributed by atoms with van der Waals surface area (Å²) in [5, 5.41) is 6.77. The van der Waals surface area contributed by atoms with Gasteiger partial charge in [-0.3, -0.25) is 0 Å². The molecule has 0 aromatic heterocycles. The van der Waals surface area contributed by atoms with Crippen molar-refractivity contribution in [1.29, 1.82) is 0 Å². The van der Waals surface area contributed by atoms with Crippen molar-refractivity contribution in [2.75, 3.05) is 19.9 Å². The van der Waals surface area contributed by atoms with Crippen LogP contribution in [0.3, 0.4) is 0 Å². The van der Waals surface area contributed by atoms with E-state index in [4.69, 9.17) is 9.16 Å². The fourth-order valence-corrected chi connectivity index (χ4v) is 16.8. The summed E-state index contributed by atoms with van der Waals surface area (Å²) in [5.41, 5.74) is 0. The molecule has 0 heterocycles. The molecule has 238 valence electrons. The van der Waals surface area contributed by atoms with E-state index in [1.54, 1.807) is 0 Å². The van der Waals surface area contributed by atoms with Crippen molar-refractivity contribution in [1.82, 2.24) is 0 Å². The van der Waals surface area contributed by atoms with Crippen LogP contribution in [-0.2, 0) is 9.16 Å². The molecule has 0 unspecified atom stereocenters. The zero-order valence-corrected chi connectivity index (χ0v) is 30.2. The van der Waals surface area contributed by atoms with E-state index in [1.807, 2.05) is 7.11 Å². The van der Waals surface area contributed by atoms with Crippen LogP contribution in [0.1, 0.15) is 34.6 Å². The second-order valence-corrected chi connectivity index (χ2v) is 21.5. The first-order valence-electron chi connectivity index (χ1n) is 16.6. The van der Waals surface area contributed by atoms with Gasteiger partial charge < -0.3 is 9.16 Å². The van der Waals surface area contributed by atoms with E-state index >= 15 is 0 Å². The van der Waals surface area contributed by atoms with Crippen LogP contribution in [0.15, 0.2) is 152 Å². The van der Waals surface area contributed by atoms with Gasteiger partial charge in [0.15, 0.2) is 0 Å². The monoisotopic (exact) mass is 645 g/mol. The predicted octanol–water partition coefficient (Wildman–Crippen LogP) is 7.84. The van der Waals surface area contributed by atoms with E-state index in [9.17, 15) is 0 Å². The van der Waals surface area contributed by atoms with Gasteiger partial charge in [0.05, 0.1) is 12.3 Å².